The highest BCUT2D eigenvalue weighted by Gasteiger charge is 2.19. The zero-order chi connectivity index (χ0) is 9.97. The van der Waals surface area contributed by atoms with Gasteiger partial charge in [0.25, 0.3) is 0 Å². The molecule has 0 aromatic heterocycles. The third-order valence-electron chi connectivity index (χ3n) is 2.71. The predicted octanol–water partition coefficient (Wildman–Crippen LogP) is 1.52. The van der Waals surface area contributed by atoms with E-state index in [1.807, 2.05) is 6.07 Å². The molecule has 0 radical (unpaired) electrons. The summed E-state index contributed by atoms with van der Waals surface area (Å²) in [6, 6.07) is 5.47. The van der Waals surface area contributed by atoms with Crippen LogP contribution in [-0.4, -0.2) is 11.5 Å². The first kappa shape index (κ1) is 9.06. The Morgan fingerprint density at radius 3 is 3.14 bits per heavy atom. The lowest BCUT2D eigenvalue weighted by Gasteiger charge is -2.24. The predicted molar refractivity (Wildman–Crippen MR) is 53.0 cm³/mol. The van der Waals surface area contributed by atoms with E-state index in [0.717, 1.165) is 36.8 Å². The average Bonchev–Trinajstić information content (AvgIpc) is 2.18. The molecule has 0 spiro atoms. The van der Waals surface area contributed by atoms with Crippen LogP contribution in [0, 0.1) is 0 Å². The van der Waals surface area contributed by atoms with Gasteiger partial charge < -0.3 is 10.4 Å². The quantitative estimate of drug-likeness (QED) is 0.696. The minimum atomic E-state index is 0.122. The van der Waals surface area contributed by atoms with Gasteiger partial charge in [0, 0.05) is 0 Å². The highest BCUT2D eigenvalue weighted by molar-refractivity contribution is 5.49. The van der Waals surface area contributed by atoms with Crippen LogP contribution in [0.4, 0.5) is 0 Å². The SMILES string of the molecule is O=CNC1CCCc2cc(O)ccc21. The third kappa shape index (κ3) is 1.58. The number of aromatic hydroxyl groups is 1. The number of amides is 1. The number of carbonyl (C=O) groups is 1. The lowest BCUT2D eigenvalue weighted by atomic mass is 9.88. The molecule has 1 aliphatic carbocycles. The molecule has 0 bridgehead atoms. The molecule has 2 rings (SSSR count). The number of hydrogen-bond acceptors (Lipinski definition) is 2. The summed E-state index contributed by atoms with van der Waals surface area (Å²) in [6.07, 6.45) is 3.77. The maximum atomic E-state index is 10.4. The fourth-order valence-corrected chi connectivity index (χ4v) is 2.06. The zero-order valence-electron chi connectivity index (χ0n) is 7.86. The second-order valence-corrected chi connectivity index (χ2v) is 3.61. The van der Waals surface area contributed by atoms with Crippen LogP contribution in [0.3, 0.4) is 0 Å². The fourth-order valence-electron chi connectivity index (χ4n) is 2.06. The van der Waals surface area contributed by atoms with Gasteiger partial charge in [-0.05, 0) is 42.5 Å². The van der Waals surface area contributed by atoms with Crippen LogP contribution < -0.4 is 5.32 Å². The first-order valence-corrected chi connectivity index (χ1v) is 4.83. The zero-order valence-corrected chi connectivity index (χ0v) is 7.86. The summed E-state index contributed by atoms with van der Waals surface area (Å²) < 4.78 is 0. The molecular formula is C11H13NO2. The van der Waals surface area contributed by atoms with Gasteiger partial charge in [0.05, 0.1) is 6.04 Å². The van der Waals surface area contributed by atoms with Crippen molar-refractivity contribution in [3.63, 3.8) is 0 Å². The molecule has 3 nitrogen and oxygen atoms in total. The number of nitrogens with one attached hydrogen (secondary N) is 1. The third-order valence-corrected chi connectivity index (χ3v) is 2.71. The van der Waals surface area contributed by atoms with Gasteiger partial charge in [-0.25, -0.2) is 0 Å². The maximum absolute atomic E-state index is 10.4. The molecule has 0 heterocycles. The van der Waals surface area contributed by atoms with Crippen LogP contribution in [0.1, 0.15) is 30.0 Å². The Morgan fingerprint density at radius 1 is 1.50 bits per heavy atom. The molecule has 1 aliphatic rings. The first-order valence-electron chi connectivity index (χ1n) is 4.83. The monoisotopic (exact) mass is 191 g/mol. The summed E-state index contributed by atoms with van der Waals surface area (Å²) in [5.41, 5.74) is 2.29. The van der Waals surface area contributed by atoms with E-state index in [2.05, 4.69) is 5.32 Å². The van der Waals surface area contributed by atoms with Crippen molar-refractivity contribution in [2.45, 2.75) is 25.3 Å². The normalized spacial score (nSPS) is 19.9. The molecule has 1 amide bonds. The van der Waals surface area contributed by atoms with E-state index in [1.54, 1.807) is 12.1 Å². The molecule has 1 aromatic carbocycles. The van der Waals surface area contributed by atoms with Crippen molar-refractivity contribution in [1.82, 2.24) is 5.32 Å². The Balaban J connectivity index is 2.34. The molecule has 14 heavy (non-hydrogen) atoms. The van der Waals surface area contributed by atoms with Gasteiger partial charge in [-0.1, -0.05) is 6.07 Å². The minimum Gasteiger partial charge on any atom is -0.508 e. The smallest absolute Gasteiger partial charge is 0.207 e. The topological polar surface area (TPSA) is 49.3 Å². The van der Waals surface area contributed by atoms with Crippen LogP contribution in [0.25, 0.3) is 0 Å². The lowest BCUT2D eigenvalue weighted by molar-refractivity contribution is -0.110. The van der Waals surface area contributed by atoms with Crippen molar-refractivity contribution in [2.24, 2.45) is 0 Å². The van der Waals surface area contributed by atoms with E-state index < -0.39 is 0 Å². The molecule has 1 atom stereocenters. The van der Waals surface area contributed by atoms with E-state index in [-0.39, 0.29) is 6.04 Å². The second-order valence-electron chi connectivity index (χ2n) is 3.61. The molecule has 1 unspecified atom stereocenters. The molecule has 1 aromatic rings. The van der Waals surface area contributed by atoms with Crippen LogP contribution in [0.2, 0.25) is 0 Å². The van der Waals surface area contributed by atoms with Crippen LogP contribution in [0.5, 0.6) is 5.75 Å². The fraction of sp³-hybridized carbons (Fsp3) is 0.364. The highest BCUT2D eigenvalue weighted by atomic mass is 16.3. The van der Waals surface area contributed by atoms with E-state index in [0.29, 0.717) is 5.75 Å². The van der Waals surface area contributed by atoms with Gasteiger partial charge in [-0.2, -0.15) is 0 Å². The van der Waals surface area contributed by atoms with Gasteiger partial charge in [-0.15, -0.1) is 0 Å². The molecule has 0 saturated carbocycles. The van der Waals surface area contributed by atoms with Crippen LogP contribution in [-0.2, 0) is 11.2 Å². The molecule has 0 aliphatic heterocycles. The van der Waals surface area contributed by atoms with Crippen molar-refractivity contribution < 1.29 is 9.90 Å². The van der Waals surface area contributed by atoms with Crippen molar-refractivity contribution in [1.29, 1.82) is 0 Å². The van der Waals surface area contributed by atoms with Crippen molar-refractivity contribution >= 4 is 6.41 Å². The largest absolute Gasteiger partial charge is 0.508 e. The molecule has 0 fully saturated rings. The number of rotatable bonds is 2. The van der Waals surface area contributed by atoms with E-state index in [1.165, 1.54) is 0 Å². The highest BCUT2D eigenvalue weighted by Crippen LogP contribution is 2.31. The van der Waals surface area contributed by atoms with Crippen LogP contribution >= 0.6 is 0 Å². The van der Waals surface area contributed by atoms with E-state index in [9.17, 15) is 9.90 Å². The Morgan fingerprint density at radius 2 is 2.36 bits per heavy atom. The van der Waals surface area contributed by atoms with Gasteiger partial charge in [0.15, 0.2) is 0 Å². The Hall–Kier alpha value is -1.51. The number of fused-ring (bicyclic) bond motifs is 1. The molecular weight excluding hydrogens is 178 g/mol. The molecule has 0 saturated heterocycles. The lowest BCUT2D eigenvalue weighted by Crippen LogP contribution is -2.23. The number of hydrogen-bond donors (Lipinski definition) is 2. The van der Waals surface area contributed by atoms with E-state index >= 15 is 0 Å². The summed E-state index contributed by atoms with van der Waals surface area (Å²) in [7, 11) is 0. The van der Waals surface area contributed by atoms with Crippen molar-refractivity contribution in [3.8, 4) is 5.75 Å². The number of phenols is 1. The van der Waals surface area contributed by atoms with Gasteiger partial charge in [0.1, 0.15) is 5.75 Å². The summed E-state index contributed by atoms with van der Waals surface area (Å²) in [5.74, 6) is 0.301. The van der Waals surface area contributed by atoms with Crippen molar-refractivity contribution in [3.05, 3.63) is 29.3 Å². The number of carbonyl (C=O) groups excluding carboxylic acids is 1. The minimum absolute atomic E-state index is 0.122. The van der Waals surface area contributed by atoms with Gasteiger partial charge in [0.2, 0.25) is 6.41 Å². The van der Waals surface area contributed by atoms with Gasteiger partial charge >= 0.3 is 0 Å². The Kier molecular flexibility index (Phi) is 2.39. The molecule has 2 N–H and O–H groups in total. The standard InChI is InChI=1S/C11H13NO2/c13-7-12-11-3-1-2-8-6-9(14)4-5-10(8)11/h4-7,11,14H,1-3H2,(H,12,13). The summed E-state index contributed by atoms with van der Waals surface area (Å²) in [5, 5.41) is 12.1. The Labute approximate surface area is 82.8 Å². The van der Waals surface area contributed by atoms with Gasteiger partial charge in [-0.3, -0.25) is 4.79 Å². The Bertz CT molecular complexity index is 349. The average molecular weight is 191 g/mol. The summed E-state index contributed by atoms with van der Waals surface area (Å²) >= 11 is 0. The number of benzene rings is 1. The summed E-state index contributed by atoms with van der Waals surface area (Å²) in [6.45, 7) is 0. The summed E-state index contributed by atoms with van der Waals surface area (Å²) in [4.78, 5) is 10.4. The van der Waals surface area contributed by atoms with E-state index in [4.69, 9.17) is 0 Å². The van der Waals surface area contributed by atoms with Crippen LogP contribution in [0.15, 0.2) is 18.2 Å². The van der Waals surface area contributed by atoms with Crippen molar-refractivity contribution in [2.75, 3.05) is 0 Å². The number of aryl methyl sites for hydroxylation is 1. The second kappa shape index (κ2) is 3.70. The molecule has 74 valence electrons. The number of phenolic OH excluding ortho intramolecular Hbond substituents is 1. The maximum Gasteiger partial charge on any atom is 0.207 e. The first-order chi connectivity index (χ1) is 6.81. The molecule has 3 heteroatoms.